The maximum absolute atomic E-state index is 13.1. The van der Waals surface area contributed by atoms with Crippen LogP contribution >= 0.6 is 0 Å². The zero-order chi connectivity index (χ0) is 25.2. The first kappa shape index (κ1) is 23.9. The van der Waals surface area contributed by atoms with Crippen LogP contribution in [-0.2, 0) is 4.74 Å². The second-order valence-electron chi connectivity index (χ2n) is 9.21. The molecule has 2 aromatic carbocycles. The molecule has 9 heteroatoms. The molecule has 1 unspecified atom stereocenters. The van der Waals surface area contributed by atoms with Crippen molar-refractivity contribution in [3.05, 3.63) is 65.2 Å². The normalized spacial score (nSPS) is 17.2. The number of urea groups is 1. The van der Waals surface area contributed by atoms with Gasteiger partial charge in [0.05, 0.1) is 17.7 Å². The van der Waals surface area contributed by atoms with Crippen LogP contribution in [0.3, 0.4) is 0 Å². The number of aryl methyl sites for hydroxylation is 1. The summed E-state index contributed by atoms with van der Waals surface area (Å²) >= 11 is 0. The Morgan fingerprint density at radius 2 is 1.89 bits per heavy atom. The van der Waals surface area contributed by atoms with Gasteiger partial charge in [-0.1, -0.05) is 35.0 Å². The van der Waals surface area contributed by atoms with Crippen molar-refractivity contribution in [2.45, 2.75) is 46.3 Å². The van der Waals surface area contributed by atoms with Crippen molar-refractivity contribution in [2.75, 3.05) is 19.9 Å². The fraction of sp³-hybridized carbons (Fsp3) is 0.370. The molecule has 3 heterocycles. The van der Waals surface area contributed by atoms with Gasteiger partial charge in [0.25, 0.3) is 5.89 Å². The fourth-order valence-electron chi connectivity index (χ4n) is 4.36. The van der Waals surface area contributed by atoms with E-state index in [1.165, 1.54) is 0 Å². The molecule has 3 aromatic rings. The van der Waals surface area contributed by atoms with Gasteiger partial charge in [-0.2, -0.15) is 4.98 Å². The number of allylic oxidation sites excluding steroid dienone is 1. The molecule has 1 N–H and O–H groups in total. The molecule has 36 heavy (non-hydrogen) atoms. The van der Waals surface area contributed by atoms with Crippen molar-refractivity contribution < 1.29 is 23.5 Å². The number of nitrogens with zero attached hydrogens (tertiary/aromatic N) is 3. The molecule has 9 nitrogen and oxygen atoms in total. The lowest BCUT2D eigenvalue weighted by Gasteiger charge is -2.35. The summed E-state index contributed by atoms with van der Waals surface area (Å²) in [7, 11) is 0. The number of hydrogen-bond acceptors (Lipinski definition) is 7. The van der Waals surface area contributed by atoms with Crippen LogP contribution in [0, 0.1) is 6.92 Å². The van der Waals surface area contributed by atoms with Gasteiger partial charge in [0.2, 0.25) is 12.6 Å². The largest absolute Gasteiger partial charge is 0.454 e. The third-order valence-corrected chi connectivity index (χ3v) is 6.27. The predicted octanol–water partition coefficient (Wildman–Crippen LogP) is 5.09. The van der Waals surface area contributed by atoms with Gasteiger partial charge in [-0.3, -0.25) is 4.90 Å². The summed E-state index contributed by atoms with van der Waals surface area (Å²) in [6, 6.07) is 13.0. The molecule has 1 aromatic heterocycles. The minimum absolute atomic E-state index is 0.145. The molecule has 0 bridgehead atoms. The van der Waals surface area contributed by atoms with E-state index in [4.69, 9.17) is 23.7 Å². The molecule has 0 saturated carbocycles. The van der Waals surface area contributed by atoms with Gasteiger partial charge in [0.15, 0.2) is 11.5 Å². The van der Waals surface area contributed by atoms with Gasteiger partial charge in [-0.15, -0.1) is 0 Å². The van der Waals surface area contributed by atoms with E-state index < -0.39 is 6.04 Å². The third kappa shape index (κ3) is 4.79. The van der Waals surface area contributed by atoms with E-state index in [0.717, 1.165) is 28.0 Å². The predicted molar refractivity (Wildman–Crippen MR) is 133 cm³/mol. The molecule has 2 aliphatic rings. The highest BCUT2D eigenvalue weighted by atomic mass is 16.7. The number of carbonyl (C=O) groups is 1. The van der Waals surface area contributed by atoms with E-state index in [1.54, 1.807) is 4.90 Å². The van der Waals surface area contributed by atoms with E-state index in [2.05, 4.69) is 10.5 Å². The maximum Gasteiger partial charge on any atom is 0.322 e. The number of rotatable bonds is 8. The summed E-state index contributed by atoms with van der Waals surface area (Å²) in [5.74, 6) is 2.12. The SMILES string of the molecule is CC1=C(c2nc(-c3ccc4c(c3)OCO4)no2)C(c2ccc(C)cc2)NC(=O)N1CCCOC(C)C. The zero-order valence-corrected chi connectivity index (χ0v) is 20.9. The van der Waals surface area contributed by atoms with Crippen LogP contribution in [0.4, 0.5) is 4.79 Å². The third-order valence-electron chi connectivity index (χ3n) is 6.27. The Balaban J connectivity index is 1.50. The summed E-state index contributed by atoms with van der Waals surface area (Å²) in [6.07, 6.45) is 0.851. The minimum Gasteiger partial charge on any atom is -0.454 e. The summed E-state index contributed by atoms with van der Waals surface area (Å²) in [4.78, 5) is 19.6. The van der Waals surface area contributed by atoms with Crippen molar-refractivity contribution in [3.8, 4) is 22.9 Å². The Morgan fingerprint density at radius 1 is 1.11 bits per heavy atom. The summed E-state index contributed by atoms with van der Waals surface area (Å²) < 4.78 is 22.3. The Bertz CT molecular complexity index is 1280. The lowest BCUT2D eigenvalue weighted by atomic mass is 9.94. The van der Waals surface area contributed by atoms with Crippen LogP contribution in [0.25, 0.3) is 17.0 Å². The quantitative estimate of drug-likeness (QED) is 0.439. The number of fused-ring (bicyclic) bond motifs is 1. The number of hydrogen-bond donors (Lipinski definition) is 1. The van der Waals surface area contributed by atoms with Crippen molar-refractivity contribution in [1.82, 2.24) is 20.4 Å². The number of nitrogens with one attached hydrogen (secondary N) is 1. The van der Waals surface area contributed by atoms with Gasteiger partial charge in [0, 0.05) is 24.4 Å². The molecule has 0 aliphatic carbocycles. The van der Waals surface area contributed by atoms with Gasteiger partial charge < -0.3 is 24.1 Å². The Labute approximate surface area is 210 Å². The number of carbonyl (C=O) groups excluding carboxylic acids is 1. The van der Waals surface area contributed by atoms with E-state index >= 15 is 0 Å². The molecular weight excluding hydrogens is 460 g/mol. The highest BCUT2D eigenvalue weighted by molar-refractivity contribution is 5.86. The standard InChI is InChI=1S/C27H30N4O5/c1-16(2)33-13-5-12-31-18(4)23(24(28-27(31)32)19-8-6-17(3)7-9-19)26-29-25(30-36-26)20-10-11-21-22(14-20)35-15-34-21/h6-11,14,16,24H,5,12-13,15H2,1-4H3,(H,28,32). The lowest BCUT2D eigenvalue weighted by Crippen LogP contribution is -2.46. The molecular formula is C27H30N4O5. The highest BCUT2D eigenvalue weighted by Gasteiger charge is 2.35. The first-order valence-electron chi connectivity index (χ1n) is 12.1. The van der Waals surface area contributed by atoms with Gasteiger partial charge >= 0.3 is 6.03 Å². The number of ether oxygens (including phenoxy) is 3. The molecule has 188 valence electrons. The molecule has 5 rings (SSSR count). The minimum atomic E-state index is -0.425. The summed E-state index contributed by atoms with van der Waals surface area (Å²) in [5, 5.41) is 7.37. The molecule has 0 spiro atoms. The highest BCUT2D eigenvalue weighted by Crippen LogP contribution is 2.39. The average Bonchev–Trinajstić information content (AvgIpc) is 3.53. The van der Waals surface area contributed by atoms with Crippen LogP contribution in [-0.4, -0.2) is 47.1 Å². The maximum atomic E-state index is 13.1. The Kier molecular flexibility index (Phi) is 6.65. The fourth-order valence-corrected chi connectivity index (χ4v) is 4.36. The molecule has 0 fully saturated rings. The van der Waals surface area contributed by atoms with Crippen LogP contribution in [0.15, 0.2) is 52.7 Å². The Morgan fingerprint density at radius 3 is 2.67 bits per heavy atom. The zero-order valence-electron chi connectivity index (χ0n) is 20.9. The number of aromatic nitrogens is 2. The van der Waals surface area contributed by atoms with E-state index in [9.17, 15) is 4.79 Å². The van der Waals surface area contributed by atoms with Crippen molar-refractivity contribution in [1.29, 1.82) is 0 Å². The van der Waals surface area contributed by atoms with Crippen molar-refractivity contribution in [3.63, 3.8) is 0 Å². The van der Waals surface area contributed by atoms with Crippen LogP contribution < -0.4 is 14.8 Å². The molecule has 2 amide bonds. The van der Waals surface area contributed by atoms with Gasteiger partial charge in [-0.25, -0.2) is 4.79 Å². The van der Waals surface area contributed by atoms with E-state index in [0.29, 0.717) is 42.8 Å². The van der Waals surface area contributed by atoms with Crippen molar-refractivity contribution >= 4 is 11.6 Å². The average molecular weight is 491 g/mol. The monoisotopic (exact) mass is 490 g/mol. The lowest BCUT2D eigenvalue weighted by molar-refractivity contribution is 0.0736. The summed E-state index contributed by atoms with van der Waals surface area (Å²) in [6.45, 7) is 9.22. The van der Waals surface area contributed by atoms with Gasteiger partial charge in [-0.05, 0) is 57.9 Å². The van der Waals surface area contributed by atoms with Crippen molar-refractivity contribution in [2.24, 2.45) is 0 Å². The molecule has 0 radical (unpaired) electrons. The molecule has 0 saturated heterocycles. The Hall–Kier alpha value is -3.85. The smallest absolute Gasteiger partial charge is 0.322 e. The topological polar surface area (TPSA) is 98.9 Å². The second kappa shape index (κ2) is 10.0. The summed E-state index contributed by atoms with van der Waals surface area (Å²) in [5.41, 5.74) is 4.37. The van der Waals surface area contributed by atoms with Gasteiger partial charge in [0.1, 0.15) is 0 Å². The van der Waals surface area contributed by atoms with Crippen LogP contribution in [0.2, 0.25) is 0 Å². The first-order chi connectivity index (χ1) is 17.4. The number of amides is 2. The molecule has 1 atom stereocenters. The van der Waals surface area contributed by atoms with Crippen LogP contribution in [0.1, 0.15) is 50.3 Å². The van der Waals surface area contributed by atoms with E-state index in [-0.39, 0.29) is 18.9 Å². The molecule has 2 aliphatic heterocycles. The van der Waals surface area contributed by atoms with Crippen LogP contribution in [0.5, 0.6) is 11.5 Å². The number of benzene rings is 2. The second-order valence-corrected chi connectivity index (χ2v) is 9.21. The first-order valence-corrected chi connectivity index (χ1v) is 12.1. The van der Waals surface area contributed by atoms with E-state index in [1.807, 2.05) is 70.2 Å².